The van der Waals surface area contributed by atoms with Gasteiger partial charge in [0.2, 0.25) is 9.84 Å². The average molecular weight is 427 g/mol. The third kappa shape index (κ3) is 4.84. The molecule has 2 aromatic rings. The molecule has 1 aromatic carbocycles. The van der Waals surface area contributed by atoms with E-state index < -0.39 is 38.6 Å². The van der Waals surface area contributed by atoms with Crippen molar-refractivity contribution in [1.82, 2.24) is 10.5 Å². The van der Waals surface area contributed by atoms with E-state index in [-0.39, 0.29) is 33.9 Å². The molecule has 2 heterocycles. The van der Waals surface area contributed by atoms with Gasteiger partial charge in [-0.15, -0.1) is 0 Å². The van der Waals surface area contributed by atoms with Crippen LogP contribution in [0, 0.1) is 5.82 Å². The minimum Gasteiger partial charge on any atom is -0.407 e. The molecule has 0 aliphatic carbocycles. The Morgan fingerprint density at radius 2 is 2.03 bits per heavy atom. The third-order valence-corrected chi connectivity index (χ3v) is 5.53. The second-order valence-electron chi connectivity index (χ2n) is 8.44. The minimum atomic E-state index is -3.82. The van der Waals surface area contributed by atoms with Gasteiger partial charge in [0.15, 0.2) is 22.2 Å². The monoisotopic (exact) mass is 427 g/mol. The van der Waals surface area contributed by atoms with E-state index in [1.54, 1.807) is 34.6 Å². The van der Waals surface area contributed by atoms with Crippen molar-refractivity contribution in [2.24, 2.45) is 5.16 Å². The van der Waals surface area contributed by atoms with Crippen LogP contribution in [0.25, 0.3) is 11.0 Å². The van der Waals surface area contributed by atoms with E-state index in [4.69, 9.17) is 14.1 Å². The number of fused-ring (bicyclic) bond motifs is 1. The Morgan fingerprint density at radius 1 is 1.34 bits per heavy atom. The molecule has 0 bridgehead atoms. The first-order valence-electron chi connectivity index (χ1n) is 8.81. The highest BCUT2D eigenvalue weighted by atomic mass is 32.2. The van der Waals surface area contributed by atoms with Gasteiger partial charge in [0, 0.05) is 23.4 Å². The second-order valence-corrected chi connectivity index (χ2v) is 10.4. The number of carbonyl (C=O) groups is 1. The molecule has 1 aliphatic rings. The summed E-state index contributed by atoms with van der Waals surface area (Å²) in [4.78, 5) is 17.0. The number of benzene rings is 1. The highest BCUT2D eigenvalue weighted by Crippen LogP contribution is 2.30. The largest absolute Gasteiger partial charge is 0.413 e. The second kappa shape index (κ2) is 6.97. The summed E-state index contributed by atoms with van der Waals surface area (Å²) in [6.45, 7) is 8.68. The van der Waals surface area contributed by atoms with Crippen molar-refractivity contribution in [3.8, 4) is 5.75 Å². The maximum absolute atomic E-state index is 14.4. The van der Waals surface area contributed by atoms with Gasteiger partial charge in [-0.3, -0.25) is 0 Å². The van der Waals surface area contributed by atoms with Crippen LogP contribution in [0.5, 0.6) is 5.75 Å². The van der Waals surface area contributed by atoms with E-state index >= 15 is 0 Å². The normalized spacial score (nSPS) is 16.4. The van der Waals surface area contributed by atoms with Crippen LogP contribution in [0.2, 0.25) is 0 Å². The molecule has 0 radical (unpaired) electrons. The van der Waals surface area contributed by atoms with E-state index in [1.165, 1.54) is 0 Å². The molecule has 0 fully saturated rings. The molecule has 1 aliphatic heterocycles. The Kier molecular flexibility index (Phi) is 5.06. The van der Waals surface area contributed by atoms with Crippen LogP contribution in [-0.2, 0) is 20.4 Å². The Hall–Kier alpha value is -2.69. The van der Waals surface area contributed by atoms with Crippen molar-refractivity contribution in [1.29, 1.82) is 0 Å². The number of hydrogen-bond donors (Lipinski definition) is 1. The fourth-order valence-corrected chi connectivity index (χ4v) is 4.09. The number of ether oxygens (including phenoxy) is 1. The zero-order valence-electron chi connectivity index (χ0n) is 16.7. The molecular weight excluding hydrogens is 405 g/mol. The van der Waals surface area contributed by atoms with Crippen LogP contribution in [0.4, 0.5) is 9.18 Å². The van der Waals surface area contributed by atoms with Gasteiger partial charge in [0.25, 0.3) is 0 Å². The number of nitrogens with one attached hydrogen (secondary N) is 1. The third-order valence-electron chi connectivity index (χ3n) is 3.94. The predicted molar refractivity (Wildman–Crippen MR) is 103 cm³/mol. The van der Waals surface area contributed by atoms with Gasteiger partial charge < -0.3 is 19.4 Å². The van der Waals surface area contributed by atoms with Crippen LogP contribution in [0.3, 0.4) is 0 Å². The summed E-state index contributed by atoms with van der Waals surface area (Å²) in [6, 6.07) is 2.17. The van der Waals surface area contributed by atoms with Gasteiger partial charge in [-0.25, -0.2) is 17.6 Å². The van der Waals surface area contributed by atoms with E-state index in [9.17, 15) is 17.6 Å². The molecule has 3 rings (SSSR count). The molecule has 0 unspecified atom stereocenters. The number of amides is 1. The molecule has 158 valence electrons. The number of nitrogens with zero attached hydrogens (tertiary/aromatic N) is 2. The highest BCUT2D eigenvalue weighted by molar-refractivity contribution is 8.05. The number of rotatable bonds is 3. The lowest BCUT2D eigenvalue weighted by Crippen LogP contribution is -2.42. The molecule has 9 nitrogen and oxygen atoms in total. The molecule has 0 saturated heterocycles. The summed E-state index contributed by atoms with van der Waals surface area (Å²) in [5.41, 5.74) is -1.16. The first kappa shape index (κ1) is 21.0. The van der Waals surface area contributed by atoms with Crippen LogP contribution >= 0.6 is 0 Å². The molecule has 0 spiro atoms. The molecule has 1 N–H and O–H groups in total. The summed E-state index contributed by atoms with van der Waals surface area (Å²) in [6.07, 6.45) is -0.708. The molecule has 11 heteroatoms. The Labute approximate surface area is 167 Å². The number of halogens is 1. The summed E-state index contributed by atoms with van der Waals surface area (Å²) >= 11 is 0. The standard InChI is InChI=1S/C18H22FN3O6S/c1-17(2,3)20-16(23)26-14-7-13-10(6-11(14)19)12(21-27-13)9-29(24,25)15-8-18(4,5)28-22-15/h6-7H,8-9H2,1-5H3,(H,20,23). The van der Waals surface area contributed by atoms with E-state index in [1.807, 2.05) is 0 Å². The maximum atomic E-state index is 14.4. The van der Waals surface area contributed by atoms with E-state index in [0.29, 0.717) is 0 Å². The molecule has 0 saturated carbocycles. The summed E-state index contributed by atoms with van der Waals surface area (Å²) in [5.74, 6) is -1.74. The first-order valence-corrected chi connectivity index (χ1v) is 10.5. The smallest absolute Gasteiger partial charge is 0.407 e. The summed E-state index contributed by atoms with van der Waals surface area (Å²) < 4.78 is 49.7. The van der Waals surface area contributed by atoms with Crippen LogP contribution < -0.4 is 10.1 Å². The number of aromatic nitrogens is 1. The first-order chi connectivity index (χ1) is 13.3. The minimum absolute atomic E-state index is 0.0250. The number of oxime groups is 1. The van der Waals surface area contributed by atoms with Crippen molar-refractivity contribution in [3.63, 3.8) is 0 Å². The summed E-state index contributed by atoms with van der Waals surface area (Å²) in [7, 11) is -3.82. The number of hydrogen-bond acceptors (Lipinski definition) is 8. The van der Waals surface area contributed by atoms with E-state index in [0.717, 1.165) is 12.1 Å². The van der Waals surface area contributed by atoms with Gasteiger partial charge in [0.05, 0.1) is 0 Å². The average Bonchev–Trinajstić information content (AvgIpc) is 3.09. The topological polar surface area (TPSA) is 120 Å². The lowest BCUT2D eigenvalue weighted by atomic mass is 10.1. The lowest BCUT2D eigenvalue weighted by molar-refractivity contribution is 0.0123. The van der Waals surface area contributed by atoms with Gasteiger partial charge in [0.1, 0.15) is 17.0 Å². The fourth-order valence-electron chi connectivity index (χ4n) is 2.64. The zero-order valence-corrected chi connectivity index (χ0v) is 17.5. The fraction of sp³-hybridized carbons (Fsp3) is 0.500. The van der Waals surface area contributed by atoms with Crippen LogP contribution in [0.15, 0.2) is 21.8 Å². The summed E-state index contributed by atoms with van der Waals surface area (Å²) in [5, 5.41) is 9.98. The molecule has 1 aromatic heterocycles. The zero-order chi connectivity index (χ0) is 21.6. The molecule has 29 heavy (non-hydrogen) atoms. The Bertz CT molecular complexity index is 1100. The van der Waals surface area contributed by atoms with Crippen molar-refractivity contribution in [3.05, 3.63) is 23.6 Å². The van der Waals surface area contributed by atoms with Crippen molar-refractivity contribution in [2.75, 3.05) is 0 Å². The van der Waals surface area contributed by atoms with Crippen LogP contribution in [-0.4, -0.2) is 35.9 Å². The van der Waals surface area contributed by atoms with E-state index in [2.05, 4.69) is 15.6 Å². The molecule has 1 amide bonds. The van der Waals surface area contributed by atoms with Gasteiger partial charge >= 0.3 is 6.09 Å². The number of carbonyl (C=O) groups excluding carboxylic acids is 1. The molecular formula is C18H22FN3O6S. The Morgan fingerprint density at radius 3 is 2.62 bits per heavy atom. The van der Waals surface area contributed by atoms with Crippen molar-refractivity contribution in [2.45, 2.75) is 57.9 Å². The van der Waals surface area contributed by atoms with Crippen molar-refractivity contribution < 1.29 is 31.7 Å². The highest BCUT2D eigenvalue weighted by Gasteiger charge is 2.36. The van der Waals surface area contributed by atoms with Gasteiger partial charge in [-0.1, -0.05) is 10.3 Å². The van der Waals surface area contributed by atoms with Gasteiger partial charge in [-0.05, 0) is 40.7 Å². The van der Waals surface area contributed by atoms with Crippen molar-refractivity contribution >= 4 is 31.9 Å². The quantitative estimate of drug-likeness (QED) is 0.798. The molecule has 0 atom stereocenters. The SMILES string of the molecule is CC(C)(C)NC(=O)Oc1cc2onc(CS(=O)(=O)C3=NOC(C)(C)C3)c2cc1F. The number of sulfone groups is 1. The predicted octanol–water partition coefficient (Wildman–Crippen LogP) is 3.28. The maximum Gasteiger partial charge on any atom is 0.413 e. The van der Waals surface area contributed by atoms with Gasteiger partial charge in [-0.2, -0.15) is 0 Å². The van der Waals surface area contributed by atoms with Crippen LogP contribution in [0.1, 0.15) is 46.7 Å². The lowest BCUT2D eigenvalue weighted by Gasteiger charge is -2.19. The Balaban J connectivity index is 1.84.